The second kappa shape index (κ2) is 8.85. The Hall–Kier alpha value is -3.97. The third-order valence-electron chi connectivity index (χ3n) is 6.80. The number of aromatic amines is 2. The van der Waals surface area contributed by atoms with E-state index in [-0.39, 0.29) is 11.4 Å². The fourth-order valence-electron chi connectivity index (χ4n) is 4.88. The number of methoxy groups -OCH3 is 1. The molecule has 0 amide bonds. The predicted molar refractivity (Wildman–Crippen MR) is 151 cm³/mol. The first-order valence-electron chi connectivity index (χ1n) is 12.1. The normalized spacial score (nSPS) is 14.3. The summed E-state index contributed by atoms with van der Waals surface area (Å²) in [5.41, 5.74) is 9.89. The van der Waals surface area contributed by atoms with Crippen LogP contribution in [0.5, 0.6) is 0 Å². The van der Waals surface area contributed by atoms with Crippen molar-refractivity contribution in [3.8, 4) is 11.1 Å². The van der Waals surface area contributed by atoms with E-state index in [4.69, 9.17) is 14.7 Å². The summed E-state index contributed by atoms with van der Waals surface area (Å²) in [6.45, 7) is 4.44. The summed E-state index contributed by atoms with van der Waals surface area (Å²) in [5.74, 6) is -0.364. The Bertz CT molecular complexity index is 1740. The van der Waals surface area contributed by atoms with E-state index in [1.165, 1.54) is 7.11 Å². The van der Waals surface area contributed by atoms with Crippen LogP contribution in [0.15, 0.2) is 66.7 Å². The van der Waals surface area contributed by atoms with Gasteiger partial charge in [0.25, 0.3) is 0 Å². The molecule has 0 fully saturated rings. The molecule has 6 rings (SSSR count). The Balaban J connectivity index is 1.67. The van der Waals surface area contributed by atoms with E-state index in [2.05, 4.69) is 82.2 Å². The Morgan fingerprint density at radius 1 is 0.919 bits per heavy atom. The predicted octanol–water partition coefficient (Wildman–Crippen LogP) is 7.18. The maximum Gasteiger partial charge on any atom is 0.337 e. The summed E-state index contributed by atoms with van der Waals surface area (Å²) in [7, 11) is 1.38. The Morgan fingerprint density at radius 3 is 2.38 bits per heavy atom. The fourth-order valence-corrected chi connectivity index (χ4v) is 5.30. The first-order valence-corrected chi connectivity index (χ1v) is 12.9. The molecular weight excluding hydrogens is 528 g/mol. The van der Waals surface area contributed by atoms with Crippen molar-refractivity contribution < 1.29 is 9.53 Å². The molecule has 4 aromatic rings. The van der Waals surface area contributed by atoms with Crippen molar-refractivity contribution in [1.29, 1.82) is 0 Å². The molecule has 7 heteroatoms. The quantitative estimate of drug-likeness (QED) is 0.258. The molecule has 0 aliphatic carbocycles. The molecule has 1 aromatic carbocycles. The Labute approximate surface area is 222 Å². The molecule has 2 N–H and O–H groups in total. The first kappa shape index (κ1) is 23.4. The number of halogens is 1. The van der Waals surface area contributed by atoms with Crippen molar-refractivity contribution in [3.05, 3.63) is 95.1 Å². The van der Waals surface area contributed by atoms with Crippen LogP contribution in [0.4, 0.5) is 0 Å². The first-order chi connectivity index (χ1) is 17.8. The van der Waals surface area contributed by atoms with Gasteiger partial charge >= 0.3 is 5.97 Å². The number of ether oxygens (including phenoxy) is 1. The molecule has 8 bridgehead atoms. The highest BCUT2D eigenvalue weighted by Crippen LogP contribution is 2.36. The molecule has 37 heavy (non-hydrogen) atoms. The number of fused-ring (bicyclic) bond motifs is 8. The van der Waals surface area contributed by atoms with Crippen LogP contribution in [-0.2, 0) is 16.6 Å². The minimum absolute atomic E-state index is 0.0801. The third kappa shape index (κ3) is 4.40. The number of esters is 1. The molecule has 2 aliphatic rings. The van der Waals surface area contributed by atoms with Crippen LogP contribution in [0.3, 0.4) is 0 Å². The minimum atomic E-state index is -0.364. The summed E-state index contributed by atoms with van der Waals surface area (Å²) in [6, 6.07) is 21.9. The lowest BCUT2D eigenvalue weighted by Gasteiger charge is -2.15. The van der Waals surface area contributed by atoms with Crippen molar-refractivity contribution in [2.45, 2.75) is 25.7 Å². The maximum atomic E-state index is 12.0. The van der Waals surface area contributed by atoms with Crippen molar-refractivity contribution in [2.24, 2.45) is 0 Å². The van der Waals surface area contributed by atoms with Gasteiger partial charge in [-0.1, -0.05) is 26.0 Å². The highest BCUT2D eigenvalue weighted by molar-refractivity contribution is 9.15. The third-order valence-corrected chi connectivity index (χ3v) is 7.43. The number of nitrogens with zero attached hydrogens (tertiary/aromatic N) is 2. The summed E-state index contributed by atoms with van der Waals surface area (Å²) in [5, 5.41) is 0. The van der Waals surface area contributed by atoms with Gasteiger partial charge in [-0.25, -0.2) is 9.78 Å². The standard InChI is InChI=1S/C30H25BrN4O2/c1-30(2)16-22-13-25-23(31)15-26(35-25)28(17-4-6-18(7-5-17)29(36)37-3)24-11-10-20(33-24)12-19-8-9-21(32-19)14-27(30)34-22/h4-15,32-33H,16H2,1-3H3. The second-order valence-electron chi connectivity index (χ2n) is 10.00. The zero-order chi connectivity index (χ0) is 25.7. The van der Waals surface area contributed by atoms with Gasteiger partial charge in [-0.15, -0.1) is 0 Å². The largest absolute Gasteiger partial charge is 0.465 e. The van der Waals surface area contributed by atoms with Crippen molar-refractivity contribution >= 4 is 54.5 Å². The van der Waals surface area contributed by atoms with Crippen LogP contribution in [0.2, 0.25) is 0 Å². The van der Waals surface area contributed by atoms with Crippen LogP contribution in [0.1, 0.15) is 47.0 Å². The smallest absolute Gasteiger partial charge is 0.337 e. The minimum Gasteiger partial charge on any atom is -0.465 e. The zero-order valence-electron chi connectivity index (χ0n) is 20.7. The SMILES string of the molecule is COC(=O)c1ccc(-c2c3nc(cc4nc(cc5ccc(cc6ccc2[nH]6)[nH]5)C(C)(C)C4)C(Br)=C3)cc1. The Kier molecular flexibility index (Phi) is 5.60. The maximum absolute atomic E-state index is 12.0. The van der Waals surface area contributed by atoms with Gasteiger partial charge in [-0.05, 0) is 82.2 Å². The van der Waals surface area contributed by atoms with E-state index >= 15 is 0 Å². The number of carbonyl (C=O) groups excluding carboxylic acids is 1. The summed E-state index contributed by atoms with van der Waals surface area (Å²) >= 11 is 3.73. The fraction of sp³-hybridized carbons (Fsp3) is 0.167. The second-order valence-corrected chi connectivity index (χ2v) is 10.9. The molecular formula is C30H25BrN4O2. The molecule has 184 valence electrons. The topological polar surface area (TPSA) is 83.7 Å². The van der Waals surface area contributed by atoms with Gasteiger partial charge in [-0.2, -0.15) is 0 Å². The molecule has 0 unspecified atom stereocenters. The molecule has 5 heterocycles. The van der Waals surface area contributed by atoms with Gasteiger partial charge in [0.2, 0.25) is 0 Å². The molecule has 0 saturated carbocycles. The average molecular weight is 553 g/mol. The number of rotatable bonds is 2. The summed E-state index contributed by atoms with van der Waals surface area (Å²) in [4.78, 5) is 29.0. The molecule has 6 nitrogen and oxygen atoms in total. The van der Waals surface area contributed by atoms with Crippen LogP contribution in [0, 0.1) is 0 Å². The number of carbonyl (C=O) groups is 1. The molecule has 2 aliphatic heterocycles. The van der Waals surface area contributed by atoms with Gasteiger partial charge in [0.15, 0.2) is 0 Å². The van der Waals surface area contributed by atoms with Crippen LogP contribution >= 0.6 is 15.9 Å². The van der Waals surface area contributed by atoms with Gasteiger partial charge in [-0.3, -0.25) is 4.98 Å². The van der Waals surface area contributed by atoms with Crippen LogP contribution < -0.4 is 0 Å². The van der Waals surface area contributed by atoms with E-state index < -0.39 is 0 Å². The lowest BCUT2D eigenvalue weighted by molar-refractivity contribution is 0.0600. The molecule has 0 saturated heterocycles. The van der Waals surface area contributed by atoms with E-state index in [1.54, 1.807) is 12.1 Å². The average Bonchev–Trinajstić information content (AvgIpc) is 3.64. The van der Waals surface area contributed by atoms with Gasteiger partial charge in [0.1, 0.15) is 0 Å². The highest BCUT2D eigenvalue weighted by atomic mass is 79.9. The number of hydrogen-bond acceptors (Lipinski definition) is 4. The van der Waals surface area contributed by atoms with Crippen molar-refractivity contribution in [3.63, 3.8) is 0 Å². The van der Waals surface area contributed by atoms with Crippen molar-refractivity contribution in [1.82, 2.24) is 19.9 Å². The summed E-state index contributed by atoms with van der Waals surface area (Å²) < 4.78 is 5.77. The lowest BCUT2D eigenvalue weighted by Crippen LogP contribution is -2.14. The monoisotopic (exact) mass is 552 g/mol. The Morgan fingerprint density at radius 2 is 1.62 bits per heavy atom. The van der Waals surface area contributed by atoms with Gasteiger partial charge < -0.3 is 14.7 Å². The highest BCUT2D eigenvalue weighted by Gasteiger charge is 2.28. The number of hydrogen-bond donors (Lipinski definition) is 2. The number of H-pyrrole nitrogens is 2. The van der Waals surface area contributed by atoms with Crippen LogP contribution in [-0.4, -0.2) is 33.0 Å². The van der Waals surface area contributed by atoms with E-state index in [1.807, 2.05) is 18.2 Å². The van der Waals surface area contributed by atoms with E-state index in [0.29, 0.717) is 5.56 Å². The molecule has 0 atom stereocenters. The van der Waals surface area contributed by atoms with E-state index in [0.717, 1.165) is 66.9 Å². The number of aromatic nitrogens is 4. The van der Waals surface area contributed by atoms with Crippen LogP contribution in [0.25, 0.3) is 43.8 Å². The lowest BCUT2D eigenvalue weighted by atomic mass is 9.87. The zero-order valence-corrected chi connectivity index (χ0v) is 22.3. The summed E-state index contributed by atoms with van der Waals surface area (Å²) in [6.07, 6.45) is 2.87. The molecule has 0 spiro atoms. The van der Waals surface area contributed by atoms with Crippen molar-refractivity contribution in [2.75, 3.05) is 7.11 Å². The van der Waals surface area contributed by atoms with Gasteiger partial charge in [0.05, 0.1) is 24.1 Å². The molecule has 0 radical (unpaired) electrons. The number of benzene rings is 1. The molecule has 3 aromatic heterocycles. The van der Waals surface area contributed by atoms with E-state index in [9.17, 15) is 4.79 Å². The van der Waals surface area contributed by atoms with Gasteiger partial charge in [0, 0.05) is 55.3 Å². The number of nitrogens with one attached hydrogen (secondary N) is 2.